The van der Waals surface area contributed by atoms with Crippen molar-refractivity contribution >= 4 is 28.5 Å². The van der Waals surface area contributed by atoms with Crippen LogP contribution in [0.25, 0.3) is 21.3 Å². The number of rotatable bonds is 4. The molecule has 14 nitrogen and oxygen atoms in total. The standard InChI is InChI=1S/C21H28N2O3.C20H26N2O3.C3H5N3O.C2H6/c1-4-20-8-5-10-23-11-9-21(19(20)23)14-7-6-13(26-3)12-15(14)22(2)17(21)16(24)18(20)25;1-20(19(24)25-2)10-13-9-14(23)12-22(11-13)8-7-16-15-5-3-4-6-17(15)21-18(16)20;1-2-3(7)5-6-4;1-2/h5-8,12,16-19,24-25H,4,9-11H2,1-3H3;3-6,13-14,21,23H,7-12H2,1-2H3;2H2,1H3;1-2H3/t16?,17?,18?,19?,20-,21?;13?,14-,20+;;/m00../s1. The third kappa shape index (κ3) is 7.49. The van der Waals surface area contributed by atoms with Crippen molar-refractivity contribution in [3.8, 4) is 5.75 Å². The highest BCUT2D eigenvalue weighted by Gasteiger charge is 2.72. The molecule has 7 unspecified atom stereocenters. The molecule has 1 aromatic heterocycles. The lowest BCUT2D eigenvalue weighted by molar-refractivity contribution is -0.148. The molecule has 9 rings (SSSR count). The van der Waals surface area contributed by atoms with Gasteiger partial charge in [-0.15, -0.1) is 0 Å². The Kier molecular flexibility index (Phi) is 13.7. The van der Waals surface area contributed by atoms with Gasteiger partial charge in [0.1, 0.15) is 17.3 Å². The number of aromatic amines is 1. The number of esters is 1. The number of anilines is 1. The summed E-state index contributed by atoms with van der Waals surface area (Å²) in [7, 11) is 5.20. The number of fused-ring (bicyclic) bond motifs is 6. The predicted octanol–water partition coefficient (Wildman–Crippen LogP) is 6.01. The molecule has 1 amide bonds. The van der Waals surface area contributed by atoms with Crippen LogP contribution in [0.2, 0.25) is 0 Å². The van der Waals surface area contributed by atoms with Crippen molar-refractivity contribution in [1.82, 2.24) is 14.8 Å². The molecule has 2 aromatic carbocycles. The summed E-state index contributed by atoms with van der Waals surface area (Å²) in [6.45, 7) is 14.3. The highest BCUT2D eigenvalue weighted by Crippen LogP contribution is 2.64. The molecule has 3 aromatic rings. The van der Waals surface area contributed by atoms with E-state index in [1.807, 2.05) is 46.0 Å². The van der Waals surface area contributed by atoms with Gasteiger partial charge in [0, 0.05) is 89.8 Å². The minimum absolute atomic E-state index is 0.110. The third-order valence-corrected chi connectivity index (χ3v) is 14.2. The van der Waals surface area contributed by atoms with Crippen LogP contribution < -0.4 is 9.64 Å². The summed E-state index contributed by atoms with van der Waals surface area (Å²) in [5, 5.41) is 36.8. The molecule has 4 N–H and O–H groups in total. The van der Waals surface area contributed by atoms with E-state index in [9.17, 15) is 24.9 Å². The number of methoxy groups -OCH3 is 2. The number of hydrogen-bond acceptors (Lipinski definition) is 10. The molecule has 60 heavy (non-hydrogen) atoms. The normalized spacial score (nSPS) is 33.1. The van der Waals surface area contributed by atoms with Crippen molar-refractivity contribution in [2.45, 2.75) is 114 Å². The van der Waals surface area contributed by atoms with Crippen LogP contribution in [0.1, 0.15) is 83.5 Å². The van der Waals surface area contributed by atoms with Crippen molar-refractivity contribution in [2.24, 2.45) is 16.4 Å². The topological polar surface area (TPSA) is 188 Å². The van der Waals surface area contributed by atoms with Crippen molar-refractivity contribution in [1.29, 1.82) is 0 Å². The lowest BCUT2D eigenvalue weighted by Gasteiger charge is -2.60. The number of aliphatic hydroxyl groups is 3. The molecule has 10 atom stereocenters. The Balaban J connectivity index is 0.000000168. The Morgan fingerprint density at radius 3 is 2.48 bits per heavy atom. The molecule has 6 heterocycles. The molecule has 0 radical (unpaired) electrons. The van der Waals surface area contributed by atoms with Gasteiger partial charge in [-0.05, 0) is 85.4 Å². The number of benzene rings is 2. The monoisotopic (exact) mass is 827 g/mol. The maximum Gasteiger partial charge on any atom is 0.317 e. The second-order valence-corrected chi connectivity index (χ2v) is 17.2. The zero-order valence-corrected chi connectivity index (χ0v) is 36.6. The van der Waals surface area contributed by atoms with E-state index in [0.717, 1.165) is 81.1 Å². The lowest BCUT2D eigenvalue weighted by Crippen LogP contribution is -2.73. The fraction of sp³-hybridized carbons (Fsp3) is 0.609. The zero-order valence-electron chi connectivity index (χ0n) is 36.6. The second kappa shape index (κ2) is 18.3. The van der Waals surface area contributed by atoms with E-state index in [-0.39, 0.29) is 41.9 Å². The molecule has 1 aliphatic carbocycles. The predicted molar refractivity (Wildman–Crippen MR) is 233 cm³/mol. The van der Waals surface area contributed by atoms with Crippen LogP contribution in [0.5, 0.6) is 5.75 Å². The number of aliphatic hydroxyl groups excluding tert-OH is 3. The number of azide groups is 1. The minimum atomic E-state index is -0.780. The summed E-state index contributed by atoms with van der Waals surface area (Å²) in [5.74, 6) is 0.502. The molecule has 1 saturated carbocycles. The fourth-order valence-corrected chi connectivity index (χ4v) is 11.8. The molecule has 5 aliphatic heterocycles. The number of hydrogen-bond donors (Lipinski definition) is 4. The van der Waals surface area contributed by atoms with Crippen molar-refractivity contribution < 1.29 is 34.4 Å². The van der Waals surface area contributed by atoms with E-state index < -0.39 is 28.9 Å². The van der Waals surface area contributed by atoms with Gasteiger partial charge < -0.3 is 39.6 Å². The van der Waals surface area contributed by atoms with Gasteiger partial charge in [-0.3, -0.25) is 14.5 Å². The minimum Gasteiger partial charge on any atom is -0.497 e. The molecule has 14 heteroatoms. The molecule has 2 bridgehead atoms. The first-order valence-electron chi connectivity index (χ1n) is 21.7. The summed E-state index contributed by atoms with van der Waals surface area (Å²) in [6.07, 6.45) is 6.96. The van der Waals surface area contributed by atoms with Crippen LogP contribution in [-0.2, 0) is 31.6 Å². The summed E-state index contributed by atoms with van der Waals surface area (Å²) in [6, 6.07) is 14.7. The Hall–Kier alpha value is -4.43. The number of nitrogens with zero attached hydrogens (tertiary/aromatic N) is 6. The van der Waals surface area contributed by atoms with Gasteiger partial charge in [0.05, 0.1) is 32.5 Å². The van der Waals surface area contributed by atoms with Gasteiger partial charge in [0.2, 0.25) is 5.91 Å². The summed E-state index contributed by atoms with van der Waals surface area (Å²) >= 11 is 0. The van der Waals surface area contributed by atoms with E-state index in [1.165, 1.54) is 23.6 Å². The second-order valence-electron chi connectivity index (χ2n) is 17.2. The molecular weight excluding hydrogens is 763 g/mol. The molecule has 1 spiro atoms. The Bertz CT molecular complexity index is 2100. The Morgan fingerprint density at radius 1 is 1.07 bits per heavy atom. The zero-order chi connectivity index (χ0) is 43.6. The third-order valence-electron chi connectivity index (χ3n) is 14.2. The van der Waals surface area contributed by atoms with Crippen LogP contribution in [0, 0.1) is 11.3 Å². The molecule has 326 valence electrons. The number of piperidine rings is 1. The van der Waals surface area contributed by atoms with Crippen LogP contribution >= 0.6 is 0 Å². The van der Waals surface area contributed by atoms with Gasteiger partial charge in [0.25, 0.3) is 0 Å². The van der Waals surface area contributed by atoms with Crippen LogP contribution in [0.3, 0.4) is 0 Å². The van der Waals surface area contributed by atoms with Gasteiger partial charge >= 0.3 is 5.97 Å². The molecule has 2 saturated heterocycles. The fourth-order valence-electron chi connectivity index (χ4n) is 11.8. The lowest BCUT2D eigenvalue weighted by atomic mass is 9.51. The van der Waals surface area contributed by atoms with E-state index in [4.69, 9.17) is 15.0 Å². The highest BCUT2D eigenvalue weighted by molar-refractivity contribution is 5.90. The van der Waals surface area contributed by atoms with E-state index in [0.29, 0.717) is 6.42 Å². The SMILES string of the molecule is CC.CCC(=O)N=[N+]=[N-].CC[C@]12C=CCN3CCC4(c5ccc(OC)cc5N(C)C4C(O)C1O)C32.COC(=O)[C@]1(C)CC2C[C@H](O)CN(CCc3c1[nH]c1ccccc31)C2. The highest BCUT2D eigenvalue weighted by atomic mass is 16.5. The van der Waals surface area contributed by atoms with Crippen molar-refractivity contribution in [2.75, 3.05) is 58.9 Å². The van der Waals surface area contributed by atoms with E-state index >= 15 is 0 Å². The summed E-state index contributed by atoms with van der Waals surface area (Å²) < 4.78 is 10.7. The number of amides is 1. The molecular formula is C46H65N7O7. The van der Waals surface area contributed by atoms with Gasteiger partial charge in [-0.25, -0.2) is 0 Å². The molecule has 6 aliphatic rings. The van der Waals surface area contributed by atoms with Gasteiger partial charge in [0.15, 0.2) is 0 Å². The maximum absolute atomic E-state index is 12.8. The quantitative estimate of drug-likeness (QED) is 0.0798. The summed E-state index contributed by atoms with van der Waals surface area (Å²) in [4.78, 5) is 35.7. The average molecular weight is 828 g/mol. The number of likely N-dealkylation sites (N-methyl/N-ethyl adjacent to an activating group) is 1. The number of nitrogens with one attached hydrogen (secondary N) is 1. The largest absolute Gasteiger partial charge is 0.497 e. The Labute approximate surface area is 354 Å². The smallest absolute Gasteiger partial charge is 0.317 e. The Morgan fingerprint density at radius 2 is 1.82 bits per heavy atom. The first-order chi connectivity index (χ1) is 28.8. The van der Waals surface area contributed by atoms with Crippen LogP contribution in [-0.4, -0.2) is 126 Å². The van der Waals surface area contributed by atoms with E-state index in [1.54, 1.807) is 14.0 Å². The van der Waals surface area contributed by atoms with Crippen molar-refractivity contribution in [3.05, 3.63) is 81.9 Å². The summed E-state index contributed by atoms with van der Waals surface area (Å²) in [5.41, 5.74) is 12.0. The number of H-pyrrole nitrogens is 1. The number of ether oxygens (including phenoxy) is 2. The van der Waals surface area contributed by atoms with Gasteiger partial charge in [-0.2, -0.15) is 0 Å². The van der Waals surface area contributed by atoms with Gasteiger partial charge in [-0.1, -0.05) is 64.1 Å². The number of aromatic nitrogens is 1. The first kappa shape index (κ1) is 45.1. The number of para-hydroxylation sites is 1. The number of carbonyl (C=O) groups is 2. The van der Waals surface area contributed by atoms with Crippen LogP contribution in [0.4, 0.5) is 5.69 Å². The first-order valence-corrected chi connectivity index (χ1v) is 21.7. The molecule has 3 fully saturated rings. The maximum atomic E-state index is 12.8. The number of carbonyl (C=O) groups excluding carboxylic acids is 2. The van der Waals surface area contributed by atoms with Crippen LogP contribution in [0.15, 0.2) is 59.7 Å². The average Bonchev–Trinajstić information content (AvgIpc) is 3.93. The van der Waals surface area contributed by atoms with E-state index in [2.05, 4.69) is 73.1 Å². The van der Waals surface area contributed by atoms with Crippen molar-refractivity contribution in [3.63, 3.8) is 0 Å².